The van der Waals surface area contributed by atoms with Crippen LogP contribution in [0.25, 0.3) is 0 Å². The molecule has 128 valence electrons. The number of anilines is 1. The lowest BCUT2D eigenvalue weighted by molar-refractivity contribution is 0.0940. The van der Waals surface area contributed by atoms with E-state index in [1.165, 1.54) is 18.5 Å². The monoisotopic (exact) mass is 325 g/mol. The molecule has 0 saturated heterocycles. The number of aromatic nitrogens is 1. The molecule has 1 aromatic carbocycles. The van der Waals surface area contributed by atoms with E-state index in [9.17, 15) is 4.79 Å². The van der Waals surface area contributed by atoms with E-state index in [1.54, 1.807) is 12.4 Å². The van der Waals surface area contributed by atoms with Crippen molar-refractivity contribution >= 4 is 11.6 Å². The molecule has 2 rings (SSSR count). The van der Waals surface area contributed by atoms with Crippen molar-refractivity contribution in [3.8, 4) is 0 Å². The average Bonchev–Trinajstić information content (AvgIpc) is 2.63. The number of benzene rings is 1. The molecule has 1 aromatic heterocycles. The van der Waals surface area contributed by atoms with Crippen LogP contribution in [-0.4, -0.2) is 24.0 Å². The molecule has 0 bridgehead atoms. The van der Waals surface area contributed by atoms with Crippen molar-refractivity contribution in [3.05, 3.63) is 59.9 Å². The van der Waals surface area contributed by atoms with E-state index in [1.807, 2.05) is 43.3 Å². The maximum atomic E-state index is 12.4. The van der Waals surface area contributed by atoms with Gasteiger partial charge in [-0.15, -0.1) is 0 Å². The van der Waals surface area contributed by atoms with E-state index in [2.05, 4.69) is 29.0 Å². The van der Waals surface area contributed by atoms with Crippen LogP contribution in [0.5, 0.6) is 0 Å². The third kappa shape index (κ3) is 4.82. The number of carbonyl (C=O) groups is 1. The van der Waals surface area contributed by atoms with Crippen molar-refractivity contribution in [2.45, 2.75) is 39.7 Å². The first-order chi connectivity index (χ1) is 11.7. The molecule has 0 aliphatic rings. The molecule has 1 N–H and O–H groups in total. The van der Waals surface area contributed by atoms with Crippen LogP contribution in [0.15, 0.2) is 48.8 Å². The minimum atomic E-state index is -0.0671. The quantitative estimate of drug-likeness (QED) is 0.791. The van der Waals surface area contributed by atoms with E-state index in [0.717, 1.165) is 18.7 Å². The Labute approximate surface area is 144 Å². The molecule has 1 unspecified atom stereocenters. The first kappa shape index (κ1) is 18.0. The average molecular weight is 325 g/mol. The number of nitrogens with one attached hydrogen (secondary N) is 1. The Balaban J connectivity index is 2.00. The lowest BCUT2D eigenvalue weighted by Crippen LogP contribution is -2.27. The lowest BCUT2D eigenvalue weighted by atomic mass is 10.1. The van der Waals surface area contributed by atoms with Gasteiger partial charge in [0.15, 0.2) is 0 Å². The minimum Gasteiger partial charge on any atom is -0.372 e. The Morgan fingerprint density at radius 3 is 2.54 bits per heavy atom. The van der Waals surface area contributed by atoms with Gasteiger partial charge in [-0.1, -0.05) is 19.4 Å². The molecular weight excluding hydrogens is 298 g/mol. The van der Waals surface area contributed by atoms with Gasteiger partial charge in [0.25, 0.3) is 5.91 Å². The van der Waals surface area contributed by atoms with E-state index in [4.69, 9.17) is 0 Å². The summed E-state index contributed by atoms with van der Waals surface area (Å²) >= 11 is 0. The molecule has 1 heterocycles. The van der Waals surface area contributed by atoms with Crippen LogP contribution in [0.2, 0.25) is 0 Å². The fourth-order valence-corrected chi connectivity index (χ4v) is 2.64. The van der Waals surface area contributed by atoms with Gasteiger partial charge >= 0.3 is 0 Å². The summed E-state index contributed by atoms with van der Waals surface area (Å²) in [4.78, 5) is 18.8. The van der Waals surface area contributed by atoms with Crippen LogP contribution in [0.3, 0.4) is 0 Å². The molecule has 0 spiro atoms. The molecule has 24 heavy (non-hydrogen) atoms. The van der Waals surface area contributed by atoms with Crippen molar-refractivity contribution in [2.75, 3.05) is 18.0 Å². The number of unbranched alkanes of at least 4 members (excludes halogenated alkanes) is 1. The molecule has 1 atom stereocenters. The van der Waals surface area contributed by atoms with Gasteiger partial charge in [-0.05, 0) is 56.2 Å². The number of hydrogen-bond donors (Lipinski definition) is 1. The van der Waals surface area contributed by atoms with Gasteiger partial charge in [-0.2, -0.15) is 0 Å². The van der Waals surface area contributed by atoms with Gasteiger partial charge in [0.2, 0.25) is 0 Å². The molecule has 2 aromatic rings. The molecule has 0 fully saturated rings. The minimum absolute atomic E-state index is 0.0606. The Morgan fingerprint density at radius 2 is 1.96 bits per heavy atom. The number of hydrogen-bond acceptors (Lipinski definition) is 3. The van der Waals surface area contributed by atoms with Crippen LogP contribution in [0, 0.1) is 0 Å². The van der Waals surface area contributed by atoms with Crippen molar-refractivity contribution in [3.63, 3.8) is 0 Å². The number of carbonyl (C=O) groups excluding carboxylic acids is 1. The first-order valence-corrected chi connectivity index (χ1v) is 8.71. The smallest absolute Gasteiger partial charge is 0.251 e. The fraction of sp³-hybridized carbons (Fsp3) is 0.400. The molecule has 4 heteroatoms. The highest BCUT2D eigenvalue weighted by Crippen LogP contribution is 2.17. The largest absolute Gasteiger partial charge is 0.372 e. The van der Waals surface area contributed by atoms with Gasteiger partial charge < -0.3 is 10.2 Å². The Bertz CT molecular complexity index is 625. The third-order valence-corrected chi connectivity index (χ3v) is 4.19. The standard InChI is InChI=1S/C20H27N3O/c1-4-6-14-23(5-2)19-11-9-17(10-12-19)20(24)22-16(3)18-8-7-13-21-15-18/h7-13,15-16H,4-6,14H2,1-3H3,(H,22,24). The van der Waals surface area contributed by atoms with Gasteiger partial charge in [-0.3, -0.25) is 9.78 Å². The molecule has 0 saturated carbocycles. The van der Waals surface area contributed by atoms with Crippen LogP contribution >= 0.6 is 0 Å². The predicted molar refractivity (Wildman–Crippen MR) is 99.4 cm³/mol. The first-order valence-electron chi connectivity index (χ1n) is 8.71. The highest BCUT2D eigenvalue weighted by Gasteiger charge is 2.12. The van der Waals surface area contributed by atoms with Gasteiger partial charge in [0, 0.05) is 36.7 Å². The highest BCUT2D eigenvalue weighted by molar-refractivity contribution is 5.94. The summed E-state index contributed by atoms with van der Waals surface area (Å²) in [7, 11) is 0. The second kappa shape index (κ2) is 9.06. The maximum absolute atomic E-state index is 12.4. The number of pyridine rings is 1. The SMILES string of the molecule is CCCCN(CC)c1ccc(C(=O)NC(C)c2cccnc2)cc1. The normalized spacial score (nSPS) is 11.8. The fourth-order valence-electron chi connectivity index (χ4n) is 2.64. The third-order valence-electron chi connectivity index (χ3n) is 4.19. The summed E-state index contributed by atoms with van der Waals surface area (Å²) in [6.07, 6.45) is 5.87. The van der Waals surface area contributed by atoms with Crippen LogP contribution in [0.1, 0.15) is 55.6 Å². The van der Waals surface area contributed by atoms with E-state index in [0.29, 0.717) is 5.56 Å². The second-order valence-electron chi connectivity index (χ2n) is 5.96. The highest BCUT2D eigenvalue weighted by atomic mass is 16.1. The van der Waals surface area contributed by atoms with Gasteiger partial charge in [0.1, 0.15) is 0 Å². The summed E-state index contributed by atoms with van der Waals surface area (Å²) in [5.74, 6) is -0.0606. The molecule has 0 aliphatic carbocycles. The molecule has 1 amide bonds. The molecule has 0 radical (unpaired) electrons. The van der Waals surface area contributed by atoms with Crippen LogP contribution < -0.4 is 10.2 Å². The number of rotatable bonds is 8. The summed E-state index contributed by atoms with van der Waals surface area (Å²) in [6.45, 7) is 8.35. The zero-order valence-electron chi connectivity index (χ0n) is 14.8. The summed E-state index contributed by atoms with van der Waals surface area (Å²) < 4.78 is 0. The summed E-state index contributed by atoms with van der Waals surface area (Å²) in [6, 6.07) is 11.6. The van der Waals surface area contributed by atoms with Crippen molar-refractivity contribution in [1.82, 2.24) is 10.3 Å². The molecule has 4 nitrogen and oxygen atoms in total. The summed E-state index contributed by atoms with van der Waals surface area (Å²) in [5, 5.41) is 3.02. The van der Waals surface area contributed by atoms with E-state index >= 15 is 0 Å². The molecular formula is C20H27N3O. The van der Waals surface area contributed by atoms with E-state index < -0.39 is 0 Å². The zero-order valence-corrected chi connectivity index (χ0v) is 14.8. The van der Waals surface area contributed by atoms with E-state index in [-0.39, 0.29) is 11.9 Å². The topological polar surface area (TPSA) is 45.2 Å². The predicted octanol–water partition coefficient (Wildman–Crippen LogP) is 4.20. The Hall–Kier alpha value is -2.36. The zero-order chi connectivity index (χ0) is 17.4. The Morgan fingerprint density at radius 1 is 1.21 bits per heavy atom. The van der Waals surface area contributed by atoms with Crippen LogP contribution in [0.4, 0.5) is 5.69 Å². The van der Waals surface area contributed by atoms with Crippen molar-refractivity contribution in [2.24, 2.45) is 0 Å². The van der Waals surface area contributed by atoms with Crippen molar-refractivity contribution in [1.29, 1.82) is 0 Å². The number of nitrogens with zero attached hydrogens (tertiary/aromatic N) is 2. The lowest BCUT2D eigenvalue weighted by Gasteiger charge is -2.23. The van der Waals surface area contributed by atoms with Crippen molar-refractivity contribution < 1.29 is 4.79 Å². The maximum Gasteiger partial charge on any atom is 0.251 e. The van der Waals surface area contributed by atoms with Gasteiger partial charge in [-0.25, -0.2) is 0 Å². The second-order valence-corrected chi connectivity index (χ2v) is 5.96. The summed E-state index contributed by atoms with van der Waals surface area (Å²) in [5.41, 5.74) is 2.85. The Kier molecular flexibility index (Phi) is 6.79. The van der Waals surface area contributed by atoms with Gasteiger partial charge in [0.05, 0.1) is 6.04 Å². The molecule has 0 aliphatic heterocycles. The number of amides is 1. The van der Waals surface area contributed by atoms with Crippen LogP contribution in [-0.2, 0) is 0 Å².